The largest absolute Gasteiger partial charge is 0.272 e. The second-order valence-corrected chi connectivity index (χ2v) is 4.55. The number of fused-ring (bicyclic) bond motifs is 1. The fourth-order valence-electron chi connectivity index (χ4n) is 2.35. The molecule has 0 saturated carbocycles. The second kappa shape index (κ2) is 5.09. The highest BCUT2D eigenvalue weighted by Crippen LogP contribution is 2.24. The molecule has 2 aromatic carbocycles. The monoisotopic (exact) mass is 264 g/mol. The van der Waals surface area contributed by atoms with Crippen LogP contribution in [0.15, 0.2) is 60.8 Å². The van der Waals surface area contributed by atoms with Crippen LogP contribution in [0.2, 0.25) is 0 Å². The molecule has 0 spiro atoms. The Bertz CT molecular complexity index is 779. The van der Waals surface area contributed by atoms with E-state index in [4.69, 9.17) is 0 Å². The van der Waals surface area contributed by atoms with Gasteiger partial charge in [-0.3, -0.25) is 15.1 Å². The highest BCUT2D eigenvalue weighted by molar-refractivity contribution is 5.82. The summed E-state index contributed by atoms with van der Waals surface area (Å²) in [5.41, 5.74) is 2.75. The van der Waals surface area contributed by atoms with E-state index < -0.39 is 0 Å². The van der Waals surface area contributed by atoms with Gasteiger partial charge in [-0.25, -0.2) is 0 Å². The van der Waals surface area contributed by atoms with Crippen LogP contribution in [-0.4, -0.2) is 9.91 Å². The molecule has 0 amide bonds. The number of aromatic nitrogens is 1. The van der Waals surface area contributed by atoms with Crippen molar-refractivity contribution in [3.05, 3.63) is 82.0 Å². The van der Waals surface area contributed by atoms with E-state index >= 15 is 0 Å². The van der Waals surface area contributed by atoms with Crippen LogP contribution >= 0.6 is 0 Å². The van der Waals surface area contributed by atoms with Crippen LogP contribution in [0.3, 0.4) is 0 Å². The number of hydrogen-bond acceptors (Lipinski definition) is 3. The lowest BCUT2D eigenvalue weighted by molar-refractivity contribution is -0.385. The third-order valence-corrected chi connectivity index (χ3v) is 3.29. The van der Waals surface area contributed by atoms with Crippen molar-refractivity contribution in [1.29, 1.82) is 0 Å². The summed E-state index contributed by atoms with van der Waals surface area (Å²) in [5, 5.41) is 12.1. The van der Waals surface area contributed by atoms with E-state index in [1.807, 2.05) is 36.4 Å². The SMILES string of the molecule is O=[N+]([O-])c1ccccc1Cc1cccc2cccnc12. The number of nitrogens with zero attached hydrogens (tertiary/aromatic N) is 2. The molecule has 0 bridgehead atoms. The fourth-order valence-corrected chi connectivity index (χ4v) is 2.35. The Hall–Kier alpha value is -2.75. The molecular formula is C16H12N2O2. The quantitative estimate of drug-likeness (QED) is 0.535. The molecule has 0 aliphatic rings. The van der Waals surface area contributed by atoms with Crippen molar-refractivity contribution in [2.75, 3.05) is 0 Å². The van der Waals surface area contributed by atoms with Gasteiger partial charge in [0.15, 0.2) is 0 Å². The molecule has 0 unspecified atom stereocenters. The van der Waals surface area contributed by atoms with Crippen LogP contribution in [0.5, 0.6) is 0 Å². The molecule has 98 valence electrons. The fraction of sp³-hybridized carbons (Fsp3) is 0.0625. The summed E-state index contributed by atoms with van der Waals surface area (Å²) in [6.07, 6.45) is 2.25. The van der Waals surface area contributed by atoms with Crippen molar-refractivity contribution < 1.29 is 4.92 Å². The first-order chi connectivity index (χ1) is 9.75. The first kappa shape index (κ1) is 12.3. The molecule has 0 atom stereocenters. The molecule has 0 saturated heterocycles. The van der Waals surface area contributed by atoms with Crippen molar-refractivity contribution in [3.8, 4) is 0 Å². The van der Waals surface area contributed by atoms with Gasteiger partial charge in [0.05, 0.1) is 10.4 Å². The van der Waals surface area contributed by atoms with E-state index in [9.17, 15) is 10.1 Å². The number of para-hydroxylation sites is 2. The van der Waals surface area contributed by atoms with E-state index in [2.05, 4.69) is 4.98 Å². The Kier molecular flexibility index (Phi) is 3.13. The maximum atomic E-state index is 11.1. The number of nitro benzene ring substituents is 1. The van der Waals surface area contributed by atoms with Crippen LogP contribution < -0.4 is 0 Å². The van der Waals surface area contributed by atoms with E-state index in [1.165, 1.54) is 6.07 Å². The van der Waals surface area contributed by atoms with E-state index in [-0.39, 0.29) is 10.6 Å². The first-order valence-corrected chi connectivity index (χ1v) is 6.30. The van der Waals surface area contributed by atoms with Crippen molar-refractivity contribution in [1.82, 2.24) is 4.98 Å². The lowest BCUT2D eigenvalue weighted by Gasteiger charge is -2.06. The van der Waals surface area contributed by atoms with Crippen molar-refractivity contribution >= 4 is 16.6 Å². The van der Waals surface area contributed by atoms with Gasteiger partial charge in [0.25, 0.3) is 5.69 Å². The van der Waals surface area contributed by atoms with Crippen LogP contribution in [0.1, 0.15) is 11.1 Å². The molecule has 0 fully saturated rings. The Balaban J connectivity index is 2.08. The van der Waals surface area contributed by atoms with E-state index in [0.29, 0.717) is 12.0 Å². The Morgan fingerprint density at radius 2 is 1.70 bits per heavy atom. The lowest BCUT2D eigenvalue weighted by atomic mass is 10.0. The number of pyridine rings is 1. The zero-order valence-electron chi connectivity index (χ0n) is 10.7. The summed E-state index contributed by atoms with van der Waals surface area (Å²) < 4.78 is 0. The van der Waals surface area contributed by atoms with Gasteiger partial charge >= 0.3 is 0 Å². The van der Waals surface area contributed by atoms with Crippen molar-refractivity contribution in [3.63, 3.8) is 0 Å². The molecule has 1 heterocycles. The van der Waals surface area contributed by atoms with Gasteiger partial charge in [-0.1, -0.05) is 42.5 Å². The molecular weight excluding hydrogens is 252 g/mol. The van der Waals surface area contributed by atoms with Crippen LogP contribution in [0, 0.1) is 10.1 Å². The van der Waals surface area contributed by atoms with Gasteiger partial charge in [-0.05, 0) is 11.6 Å². The van der Waals surface area contributed by atoms with Gasteiger partial charge in [-0.15, -0.1) is 0 Å². The predicted octanol–water partition coefficient (Wildman–Crippen LogP) is 3.73. The van der Waals surface area contributed by atoms with E-state index in [0.717, 1.165) is 16.5 Å². The Labute approximate surface area is 115 Å². The number of nitro groups is 1. The number of hydrogen-bond donors (Lipinski definition) is 0. The lowest BCUT2D eigenvalue weighted by Crippen LogP contribution is -1.97. The third kappa shape index (κ3) is 2.23. The average Bonchev–Trinajstić information content (AvgIpc) is 2.48. The maximum Gasteiger partial charge on any atom is 0.272 e. The molecule has 0 radical (unpaired) electrons. The molecule has 0 N–H and O–H groups in total. The standard InChI is InChI=1S/C16H12N2O2/c19-18(20)15-9-2-1-5-13(15)11-14-7-3-6-12-8-4-10-17-16(12)14/h1-10H,11H2. The minimum absolute atomic E-state index is 0.153. The van der Waals surface area contributed by atoms with Gasteiger partial charge in [0, 0.05) is 29.6 Å². The summed E-state index contributed by atoms with van der Waals surface area (Å²) >= 11 is 0. The summed E-state index contributed by atoms with van der Waals surface area (Å²) in [5.74, 6) is 0. The van der Waals surface area contributed by atoms with Crippen molar-refractivity contribution in [2.24, 2.45) is 0 Å². The van der Waals surface area contributed by atoms with Gasteiger partial charge in [-0.2, -0.15) is 0 Å². The summed E-state index contributed by atoms with van der Waals surface area (Å²) in [6, 6.07) is 16.6. The van der Waals surface area contributed by atoms with Crippen LogP contribution in [0.25, 0.3) is 10.9 Å². The van der Waals surface area contributed by atoms with Gasteiger partial charge in [0.1, 0.15) is 0 Å². The van der Waals surface area contributed by atoms with Crippen LogP contribution in [0.4, 0.5) is 5.69 Å². The second-order valence-electron chi connectivity index (χ2n) is 4.55. The van der Waals surface area contributed by atoms with E-state index in [1.54, 1.807) is 18.3 Å². The zero-order valence-corrected chi connectivity index (χ0v) is 10.7. The summed E-state index contributed by atoms with van der Waals surface area (Å²) in [6.45, 7) is 0. The first-order valence-electron chi connectivity index (χ1n) is 6.30. The average molecular weight is 264 g/mol. The molecule has 3 aromatic rings. The maximum absolute atomic E-state index is 11.1. The molecule has 3 rings (SSSR count). The Morgan fingerprint density at radius 1 is 0.950 bits per heavy atom. The molecule has 0 aliphatic heterocycles. The Morgan fingerprint density at radius 3 is 2.55 bits per heavy atom. The third-order valence-electron chi connectivity index (χ3n) is 3.29. The molecule has 1 aromatic heterocycles. The number of benzene rings is 2. The number of rotatable bonds is 3. The highest BCUT2D eigenvalue weighted by atomic mass is 16.6. The summed E-state index contributed by atoms with van der Waals surface area (Å²) in [4.78, 5) is 15.1. The summed E-state index contributed by atoms with van der Waals surface area (Å²) in [7, 11) is 0. The molecule has 4 heteroatoms. The molecule has 20 heavy (non-hydrogen) atoms. The predicted molar refractivity (Wildman–Crippen MR) is 77.6 cm³/mol. The smallest absolute Gasteiger partial charge is 0.258 e. The zero-order chi connectivity index (χ0) is 13.9. The molecule has 4 nitrogen and oxygen atoms in total. The topological polar surface area (TPSA) is 56.0 Å². The van der Waals surface area contributed by atoms with Crippen molar-refractivity contribution in [2.45, 2.75) is 6.42 Å². The van der Waals surface area contributed by atoms with Gasteiger partial charge in [0.2, 0.25) is 0 Å². The minimum Gasteiger partial charge on any atom is -0.258 e. The minimum atomic E-state index is -0.339. The van der Waals surface area contributed by atoms with Gasteiger partial charge < -0.3 is 0 Å². The van der Waals surface area contributed by atoms with Crippen LogP contribution in [-0.2, 0) is 6.42 Å². The normalized spacial score (nSPS) is 10.6. The highest BCUT2D eigenvalue weighted by Gasteiger charge is 2.13. The molecule has 0 aliphatic carbocycles.